The van der Waals surface area contributed by atoms with Crippen LogP contribution in [0.4, 0.5) is 8.78 Å². The molecular formula is C17H13ClF2INO4. The van der Waals surface area contributed by atoms with E-state index >= 15 is 0 Å². The molecule has 0 heterocycles. The van der Waals surface area contributed by atoms with E-state index in [1.165, 1.54) is 26.2 Å². The number of ether oxygens (including phenoxy) is 1. The van der Waals surface area contributed by atoms with Gasteiger partial charge in [-0.15, -0.1) is 0 Å². The van der Waals surface area contributed by atoms with E-state index in [1.54, 1.807) is 22.6 Å². The molecule has 2 aromatic rings. The first-order valence-electron chi connectivity index (χ1n) is 7.21. The molecule has 0 saturated carbocycles. The van der Waals surface area contributed by atoms with Gasteiger partial charge in [0, 0.05) is 11.6 Å². The first kappa shape index (κ1) is 20.4. The number of carbonyl (C=O) groups excluding carboxylic acids is 2. The Bertz CT molecular complexity index is 868. The number of phenolic OH excluding ortho intramolecular Hbond substituents is 1. The normalized spacial score (nSPS) is 11.8. The van der Waals surface area contributed by atoms with Crippen LogP contribution in [0, 0.1) is 15.2 Å². The first-order chi connectivity index (χ1) is 12.1. The Morgan fingerprint density at radius 1 is 1.27 bits per heavy atom. The van der Waals surface area contributed by atoms with Crippen LogP contribution in [0.3, 0.4) is 0 Å². The second-order valence-electron chi connectivity index (χ2n) is 5.32. The van der Waals surface area contributed by atoms with Gasteiger partial charge in [-0.25, -0.2) is 13.6 Å². The fraction of sp³-hybridized carbons (Fsp3) is 0.176. The first-order valence-corrected chi connectivity index (χ1v) is 8.67. The largest absolute Gasteiger partial charge is 0.506 e. The molecular weight excluding hydrogens is 483 g/mol. The predicted octanol–water partition coefficient (Wildman–Crippen LogP) is 3.89. The Morgan fingerprint density at radius 2 is 1.92 bits per heavy atom. The number of nitrogens with one attached hydrogen (secondary N) is 1. The van der Waals surface area contributed by atoms with Gasteiger partial charge in [-0.2, -0.15) is 0 Å². The summed E-state index contributed by atoms with van der Waals surface area (Å²) in [6.07, 6.45) is 0. The van der Waals surface area contributed by atoms with Crippen LogP contribution < -0.4 is 5.32 Å². The molecule has 2 aromatic carbocycles. The van der Waals surface area contributed by atoms with Crippen LogP contribution in [0.25, 0.3) is 11.1 Å². The van der Waals surface area contributed by atoms with Crippen LogP contribution in [0.5, 0.6) is 5.75 Å². The third-order valence-electron chi connectivity index (χ3n) is 3.51. The lowest BCUT2D eigenvalue weighted by Crippen LogP contribution is -2.39. The van der Waals surface area contributed by atoms with Crippen LogP contribution >= 0.6 is 34.2 Å². The zero-order valence-electron chi connectivity index (χ0n) is 13.6. The molecule has 0 aliphatic rings. The van der Waals surface area contributed by atoms with Crippen LogP contribution in [0.2, 0.25) is 5.02 Å². The summed E-state index contributed by atoms with van der Waals surface area (Å²) in [5.41, 5.74) is -0.130. The molecule has 1 atom stereocenters. The van der Waals surface area contributed by atoms with Crippen molar-refractivity contribution in [1.29, 1.82) is 0 Å². The minimum Gasteiger partial charge on any atom is -0.506 e. The Kier molecular flexibility index (Phi) is 6.40. The van der Waals surface area contributed by atoms with Gasteiger partial charge >= 0.3 is 5.97 Å². The summed E-state index contributed by atoms with van der Waals surface area (Å²) < 4.78 is 32.2. The lowest BCUT2D eigenvalue weighted by Gasteiger charge is -2.15. The Morgan fingerprint density at radius 3 is 2.50 bits per heavy atom. The van der Waals surface area contributed by atoms with Gasteiger partial charge in [-0.1, -0.05) is 11.6 Å². The van der Waals surface area contributed by atoms with Crippen molar-refractivity contribution in [2.24, 2.45) is 0 Å². The molecule has 0 aliphatic heterocycles. The number of hydrogen-bond acceptors (Lipinski definition) is 4. The van der Waals surface area contributed by atoms with Crippen molar-refractivity contribution in [3.05, 3.63) is 50.1 Å². The molecule has 0 saturated heterocycles. The summed E-state index contributed by atoms with van der Waals surface area (Å²) in [6, 6.07) is 3.26. The van der Waals surface area contributed by atoms with Gasteiger partial charge in [-0.3, -0.25) is 4.79 Å². The number of benzene rings is 2. The molecule has 0 unspecified atom stereocenters. The number of halogens is 4. The second kappa shape index (κ2) is 8.17. The zero-order valence-corrected chi connectivity index (χ0v) is 16.5. The summed E-state index contributed by atoms with van der Waals surface area (Å²) in [6.45, 7) is 1.41. The molecule has 1 amide bonds. The van der Waals surface area contributed by atoms with Crippen LogP contribution in [0.1, 0.15) is 17.3 Å². The van der Waals surface area contributed by atoms with E-state index in [0.717, 1.165) is 6.07 Å². The number of rotatable bonds is 4. The number of methoxy groups -OCH3 is 1. The van der Waals surface area contributed by atoms with Crippen molar-refractivity contribution in [1.82, 2.24) is 5.32 Å². The fourth-order valence-corrected chi connectivity index (χ4v) is 3.17. The quantitative estimate of drug-likeness (QED) is 0.499. The molecule has 9 heteroatoms. The minimum atomic E-state index is -0.959. The summed E-state index contributed by atoms with van der Waals surface area (Å²) in [4.78, 5) is 23.8. The average molecular weight is 496 g/mol. The van der Waals surface area contributed by atoms with E-state index in [2.05, 4.69) is 10.1 Å². The number of carbonyl (C=O) groups is 2. The van der Waals surface area contributed by atoms with Gasteiger partial charge in [-0.05, 0) is 53.3 Å². The average Bonchev–Trinajstić information content (AvgIpc) is 2.55. The van der Waals surface area contributed by atoms with Crippen molar-refractivity contribution < 1.29 is 28.2 Å². The molecule has 0 aromatic heterocycles. The molecule has 2 N–H and O–H groups in total. The highest BCUT2D eigenvalue weighted by Crippen LogP contribution is 2.36. The van der Waals surface area contributed by atoms with Gasteiger partial charge in [0.15, 0.2) is 0 Å². The molecule has 0 bridgehead atoms. The van der Waals surface area contributed by atoms with E-state index in [-0.39, 0.29) is 31.0 Å². The van der Waals surface area contributed by atoms with Gasteiger partial charge in [0.25, 0.3) is 5.91 Å². The SMILES string of the molecule is COC(=O)[C@@H](C)NC(=O)c1cc(-c2c(F)cc(F)cc2Cl)cc(I)c1O. The van der Waals surface area contributed by atoms with Gasteiger partial charge < -0.3 is 15.2 Å². The molecule has 2 rings (SSSR count). The van der Waals surface area contributed by atoms with Gasteiger partial charge in [0.05, 0.1) is 21.3 Å². The molecule has 0 spiro atoms. The van der Waals surface area contributed by atoms with Crippen LogP contribution in [-0.2, 0) is 9.53 Å². The smallest absolute Gasteiger partial charge is 0.328 e. The maximum atomic E-state index is 14.2. The maximum Gasteiger partial charge on any atom is 0.328 e. The highest BCUT2D eigenvalue weighted by atomic mass is 127. The van der Waals surface area contributed by atoms with Crippen molar-refractivity contribution in [3.63, 3.8) is 0 Å². The Balaban J connectivity index is 2.51. The minimum absolute atomic E-state index is 0.110. The lowest BCUT2D eigenvalue weighted by atomic mass is 10.0. The number of hydrogen-bond donors (Lipinski definition) is 2. The van der Waals surface area contributed by atoms with Gasteiger partial charge in [0.1, 0.15) is 23.4 Å². The highest BCUT2D eigenvalue weighted by molar-refractivity contribution is 14.1. The number of phenols is 1. The third-order valence-corrected chi connectivity index (χ3v) is 4.63. The molecule has 5 nitrogen and oxygen atoms in total. The maximum absolute atomic E-state index is 14.2. The summed E-state index contributed by atoms with van der Waals surface area (Å²) >= 11 is 7.69. The zero-order chi connectivity index (χ0) is 19.6. The van der Waals surface area contributed by atoms with Crippen molar-refractivity contribution in [2.75, 3.05) is 7.11 Å². The molecule has 138 valence electrons. The highest BCUT2D eigenvalue weighted by Gasteiger charge is 2.22. The summed E-state index contributed by atoms with van der Waals surface area (Å²) in [5.74, 6) is -3.53. The third kappa shape index (κ3) is 4.24. The van der Waals surface area contributed by atoms with Crippen LogP contribution in [0.15, 0.2) is 24.3 Å². The van der Waals surface area contributed by atoms with Gasteiger partial charge in [0.2, 0.25) is 0 Å². The van der Waals surface area contributed by atoms with Crippen LogP contribution in [-0.4, -0.2) is 30.1 Å². The molecule has 0 aliphatic carbocycles. The number of amides is 1. The molecule has 0 radical (unpaired) electrons. The summed E-state index contributed by atoms with van der Waals surface area (Å²) in [5, 5.41) is 12.3. The lowest BCUT2D eigenvalue weighted by molar-refractivity contribution is -0.142. The van der Waals surface area contributed by atoms with E-state index in [9.17, 15) is 23.5 Å². The van der Waals surface area contributed by atoms with Crippen molar-refractivity contribution in [3.8, 4) is 16.9 Å². The van der Waals surface area contributed by atoms with Crippen molar-refractivity contribution in [2.45, 2.75) is 13.0 Å². The van der Waals surface area contributed by atoms with Crippen molar-refractivity contribution >= 4 is 46.1 Å². The summed E-state index contributed by atoms with van der Waals surface area (Å²) in [7, 11) is 1.17. The topological polar surface area (TPSA) is 75.6 Å². The number of esters is 1. The van der Waals surface area contributed by atoms with E-state index in [4.69, 9.17) is 11.6 Å². The van der Waals surface area contributed by atoms with E-state index in [1.807, 2.05) is 0 Å². The molecule has 26 heavy (non-hydrogen) atoms. The standard InChI is InChI=1S/C17H13ClF2INO4/c1-7(17(25)26-2)22-16(24)10-3-8(4-13(21)15(10)23)14-11(18)5-9(19)6-12(14)20/h3-7,23H,1-2H3,(H,22,24)/t7-/m1/s1. The Hall–Kier alpha value is -1.94. The number of aromatic hydroxyl groups is 1. The molecule has 0 fully saturated rings. The van der Waals surface area contributed by atoms with E-state index < -0.39 is 29.6 Å². The second-order valence-corrected chi connectivity index (χ2v) is 6.89. The van der Waals surface area contributed by atoms with E-state index in [0.29, 0.717) is 6.07 Å². The Labute approximate surface area is 166 Å². The predicted molar refractivity (Wildman–Crippen MR) is 100 cm³/mol. The monoisotopic (exact) mass is 495 g/mol. The fourth-order valence-electron chi connectivity index (χ4n) is 2.24.